The van der Waals surface area contributed by atoms with Gasteiger partial charge < -0.3 is 15.1 Å². The van der Waals surface area contributed by atoms with E-state index in [2.05, 4.69) is 20.3 Å². The van der Waals surface area contributed by atoms with Crippen molar-refractivity contribution in [3.63, 3.8) is 0 Å². The van der Waals surface area contributed by atoms with Crippen LogP contribution in [0.25, 0.3) is 5.65 Å². The van der Waals surface area contributed by atoms with Crippen LogP contribution in [-0.4, -0.2) is 70.2 Å². The van der Waals surface area contributed by atoms with E-state index in [0.29, 0.717) is 18.5 Å². The van der Waals surface area contributed by atoms with E-state index in [1.807, 2.05) is 7.05 Å². The summed E-state index contributed by atoms with van der Waals surface area (Å²) >= 11 is 5.97. The molecule has 3 atom stereocenters. The minimum Gasteiger partial charge on any atom is -0.353 e. The number of nitrogens with one attached hydrogen (secondary N) is 1. The Kier molecular flexibility index (Phi) is 5.95. The average molecular weight is 583 g/mol. The Hall–Kier alpha value is -2.99. The van der Waals surface area contributed by atoms with Crippen LogP contribution in [-0.2, 0) is 10.2 Å². The van der Waals surface area contributed by atoms with Gasteiger partial charge in [0.25, 0.3) is 5.92 Å². The van der Waals surface area contributed by atoms with E-state index in [1.165, 1.54) is 48.4 Å². The number of carbonyl (C=O) groups is 1. The van der Waals surface area contributed by atoms with E-state index in [9.17, 15) is 18.0 Å². The molecule has 1 N–H and O–H groups in total. The van der Waals surface area contributed by atoms with Crippen molar-refractivity contribution in [3.8, 4) is 0 Å². The molecule has 3 aromatic rings. The van der Waals surface area contributed by atoms with Crippen LogP contribution in [0.15, 0.2) is 36.5 Å². The third-order valence-corrected chi connectivity index (χ3v) is 9.14. The summed E-state index contributed by atoms with van der Waals surface area (Å²) in [6, 6.07) is 7.16. The quantitative estimate of drug-likeness (QED) is 0.423. The second kappa shape index (κ2) is 8.75. The largest absolute Gasteiger partial charge is 0.401 e. The maximum absolute atomic E-state index is 15.1. The van der Waals surface area contributed by atoms with E-state index in [1.54, 1.807) is 0 Å². The number of benzene rings is 1. The van der Waals surface area contributed by atoms with Crippen molar-refractivity contribution in [1.82, 2.24) is 24.8 Å². The second-order valence-corrected chi connectivity index (χ2v) is 11.9. The van der Waals surface area contributed by atoms with Gasteiger partial charge in [0.05, 0.1) is 23.5 Å². The van der Waals surface area contributed by atoms with E-state index < -0.39 is 41.3 Å². The predicted octanol–water partition coefficient (Wildman–Crippen LogP) is 5.30. The molecule has 6 rings (SSSR count). The lowest BCUT2D eigenvalue weighted by atomic mass is 9.87. The van der Waals surface area contributed by atoms with E-state index in [4.69, 9.17) is 11.6 Å². The highest BCUT2D eigenvalue weighted by Crippen LogP contribution is 2.71. The molecule has 1 saturated carbocycles. The SMILES string of the molecule is CN1CCC(NC(=O)[C@]2(C)[C@@H](c3ccc(N4C[C@@](C)(C(F)(F)F)c5c4cnc4cc(Cl)nn54)cc3)C2(F)F)CC1. The number of fused-ring (bicyclic) bond motifs is 3. The van der Waals surface area contributed by atoms with Gasteiger partial charge in [-0.1, -0.05) is 23.7 Å². The van der Waals surface area contributed by atoms with Gasteiger partial charge in [-0.05, 0) is 64.5 Å². The standard InChI is InChI=1S/C27H28ClF5N6O/c1-24(27(31,32)33)14-38(18-13-34-20-12-19(28)36-39(20)22(18)24)17-6-4-15(5-7-17)21-25(2,26(21,29)30)23(40)35-16-8-10-37(3)11-9-16/h4-7,12-13,16,21H,8-11,14H2,1-3H3,(H,35,40)/t21-,24-,25+/m1/s1. The fourth-order valence-electron chi connectivity index (χ4n) is 6.23. The molecule has 3 aliphatic rings. The highest BCUT2D eigenvalue weighted by atomic mass is 35.5. The maximum Gasteiger partial charge on any atom is 0.401 e. The third-order valence-electron chi connectivity index (χ3n) is 8.96. The molecule has 1 aliphatic carbocycles. The summed E-state index contributed by atoms with van der Waals surface area (Å²) in [7, 11) is 1.97. The Morgan fingerprint density at radius 3 is 2.40 bits per heavy atom. The number of hydrogen-bond acceptors (Lipinski definition) is 5. The average Bonchev–Trinajstić information content (AvgIpc) is 3.17. The van der Waals surface area contributed by atoms with E-state index in [-0.39, 0.29) is 33.8 Å². The number of anilines is 2. The lowest BCUT2D eigenvalue weighted by Gasteiger charge is -2.30. The van der Waals surface area contributed by atoms with Crippen LogP contribution >= 0.6 is 11.6 Å². The fourth-order valence-corrected chi connectivity index (χ4v) is 6.41. The Bertz CT molecular complexity index is 1490. The normalized spacial score (nSPS) is 28.6. The lowest BCUT2D eigenvalue weighted by Crippen LogP contribution is -2.46. The monoisotopic (exact) mass is 582 g/mol. The molecule has 2 aromatic heterocycles. The molecule has 40 heavy (non-hydrogen) atoms. The number of hydrogen-bond donors (Lipinski definition) is 1. The first kappa shape index (κ1) is 27.2. The number of carbonyl (C=O) groups excluding carboxylic acids is 1. The number of nitrogens with zero attached hydrogens (tertiary/aromatic N) is 5. The number of piperidine rings is 1. The number of halogens is 6. The number of amides is 1. The number of aromatic nitrogens is 3. The minimum absolute atomic E-state index is 0.0153. The zero-order valence-electron chi connectivity index (χ0n) is 22.1. The van der Waals surface area contributed by atoms with Crippen molar-refractivity contribution in [2.45, 2.75) is 56.2 Å². The molecule has 13 heteroatoms. The summed E-state index contributed by atoms with van der Waals surface area (Å²) in [6.45, 7) is 3.47. The first-order chi connectivity index (χ1) is 18.7. The van der Waals surface area contributed by atoms with Crippen molar-refractivity contribution < 1.29 is 26.7 Å². The van der Waals surface area contributed by atoms with Crippen molar-refractivity contribution in [2.75, 3.05) is 31.6 Å². The Labute approximate surface area is 232 Å². The van der Waals surface area contributed by atoms with Crippen LogP contribution < -0.4 is 10.2 Å². The van der Waals surface area contributed by atoms with Gasteiger partial charge in [0.2, 0.25) is 5.91 Å². The highest BCUT2D eigenvalue weighted by molar-refractivity contribution is 6.29. The summed E-state index contributed by atoms with van der Waals surface area (Å²) < 4.78 is 74.6. The van der Waals surface area contributed by atoms with Crippen LogP contribution in [0.4, 0.5) is 33.3 Å². The lowest BCUT2D eigenvalue weighted by molar-refractivity contribution is -0.181. The summed E-state index contributed by atoms with van der Waals surface area (Å²) in [5.74, 6) is -5.27. The van der Waals surface area contributed by atoms with Gasteiger partial charge in [-0.2, -0.15) is 18.3 Å². The first-order valence-corrected chi connectivity index (χ1v) is 13.4. The van der Waals surface area contributed by atoms with Gasteiger partial charge in [0.15, 0.2) is 10.8 Å². The van der Waals surface area contributed by atoms with Crippen molar-refractivity contribution in [1.29, 1.82) is 0 Å². The Morgan fingerprint density at radius 2 is 1.77 bits per heavy atom. The number of likely N-dealkylation sites (tertiary alicyclic amines) is 1. The summed E-state index contributed by atoms with van der Waals surface area (Å²) in [4.78, 5) is 20.8. The zero-order chi connectivity index (χ0) is 28.8. The summed E-state index contributed by atoms with van der Waals surface area (Å²) in [5, 5.41) is 6.86. The smallest absolute Gasteiger partial charge is 0.353 e. The van der Waals surface area contributed by atoms with Crippen molar-refractivity contribution in [2.24, 2.45) is 5.41 Å². The van der Waals surface area contributed by atoms with Crippen LogP contribution in [0, 0.1) is 5.41 Å². The Balaban J connectivity index is 1.29. The summed E-state index contributed by atoms with van der Waals surface area (Å²) in [6.07, 6.45) is -1.89. The molecule has 1 amide bonds. The minimum atomic E-state index is -4.62. The van der Waals surface area contributed by atoms with Crippen molar-refractivity contribution >= 4 is 34.5 Å². The van der Waals surface area contributed by atoms with Gasteiger partial charge in [0, 0.05) is 24.3 Å². The highest BCUT2D eigenvalue weighted by Gasteiger charge is 2.82. The van der Waals surface area contributed by atoms with Gasteiger partial charge in [-0.15, -0.1) is 0 Å². The molecular weight excluding hydrogens is 555 g/mol. The van der Waals surface area contributed by atoms with Gasteiger partial charge in [-0.3, -0.25) is 4.79 Å². The molecule has 0 radical (unpaired) electrons. The van der Waals surface area contributed by atoms with Crippen molar-refractivity contribution in [3.05, 3.63) is 52.9 Å². The van der Waals surface area contributed by atoms with Crippen LogP contribution in [0.1, 0.15) is 43.9 Å². The first-order valence-electron chi connectivity index (χ1n) is 13.0. The van der Waals surface area contributed by atoms with Crippen LogP contribution in [0.2, 0.25) is 5.15 Å². The van der Waals surface area contributed by atoms with E-state index >= 15 is 8.78 Å². The number of rotatable bonds is 4. The molecule has 7 nitrogen and oxygen atoms in total. The predicted molar refractivity (Wildman–Crippen MR) is 139 cm³/mol. The van der Waals surface area contributed by atoms with Gasteiger partial charge in [0.1, 0.15) is 10.8 Å². The third kappa shape index (κ3) is 3.82. The van der Waals surface area contributed by atoms with Gasteiger partial charge in [-0.25, -0.2) is 18.3 Å². The molecule has 0 spiro atoms. The molecule has 2 fully saturated rings. The maximum atomic E-state index is 15.1. The second-order valence-electron chi connectivity index (χ2n) is 11.5. The molecule has 0 unspecified atom stereocenters. The molecule has 4 heterocycles. The molecule has 1 saturated heterocycles. The Morgan fingerprint density at radius 1 is 1.12 bits per heavy atom. The molecule has 214 valence electrons. The zero-order valence-corrected chi connectivity index (χ0v) is 22.8. The van der Waals surface area contributed by atoms with Crippen LogP contribution in [0.3, 0.4) is 0 Å². The topological polar surface area (TPSA) is 65.8 Å². The van der Waals surface area contributed by atoms with Crippen LogP contribution in [0.5, 0.6) is 0 Å². The fraction of sp³-hybridized carbons (Fsp3) is 0.519. The molecular formula is C27H28ClF5N6O. The molecule has 2 aliphatic heterocycles. The number of alkyl halides is 5. The molecule has 0 bridgehead atoms. The van der Waals surface area contributed by atoms with Gasteiger partial charge >= 0.3 is 6.18 Å². The summed E-state index contributed by atoms with van der Waals surface area (Å²) in [5.41, 5.74) is -3.30. The molecule has 1 aromatic carbocycles. The van der Waals surface area contributed by atoms with E-state index in [0.717, 1.165) is 24.5 Å².